The van der Waals surface area contributed by atoms with E-state index in [9.17, 15) is 4.79 Å². The number of carbonyl (C=O) groups excluding carboxylic acids is 1. The third-order valence-electron chi connectivity index (χ3n) is 2.28. The van der Waals surface area contributed by atoms with Crippen LogP contribution < -0.4 is 5.73 Å². The van der Waals surface area contributed by atoms with Crippen LogP contribution in [0.2, 0.25) is 0 Å². The molecule has 0 amide bonds. The minimum absolute atomic E-state index is 0.126. The summed E-state index contributed by atoms with van der Waals surface area (Å²) in [6, 6.07) is -0.126. The monoisotopic (exact) mass is 258 g/mol. The Morgan fingerprint density at radius 3 is 2.76 bits per heavy atom. The van der Waals surface area contributed by atoms with Crippen molar-refractivity contribution in [2.75, 3.05) is 14.2 Å². The number of rotatable bonds is 6. The van der Waals surface area contributed by atoms with Gasteiger partial charge in [-0.25, -0.2) is 9.78 Å². The molecule has 1 heterocycles. The van der Waals surface area contributed by atoms with Crippen LogP contribution in [0.5, 0.6) is 0 Å². The summed E-state index contributed by atoms with van der Waals surface area (Å²) in [6.07, 6.45) is 1.83. The van der Waals surface area contributed by atoms with E-state index < -0.39 is 0 Å². The summed E-state index contributed by atoms with van der Waals surface area (Å²) < 4.78 is 9.72. The van der Waals surface area contributed by atoms with E-state index in [0.717, 1.165) is 17.8 Å². The first-order valence-electron chi connectivity index (χ1n) is 5.46. The molecule has 0 spiro atoms. The highest BCUT2D eigenvalue weighted by molar-refractivity contribution is 7.13. The predicted octanol–water partition coefficient (Wildman–Crippen LogP) is 1.88. The van der Waals surface area contributed by atoms with E-state index in [4.69, 9.17) is 15.2 Å². The maximum absolute atomic E-state index is 11.6. The summed E-state index contributed by atoms with van der Waals surface area (Å²) in [5.74, 6) is -0.385. The topological polar surface area (TPSA) is 74.4 Å². The fraction of sp³-hybridized carbons (Fsp3) is 0.636. The SMILES string of the molecule is CCCC(N)c1nc(COC)c(C(=O)OC)s1. The predicted molar refractivity (Wildman–Crippen MR) is 66.0 cm³/mol. The molecule has 1 rings (SSSR count). The number of nitrogens with zero attached hydrogens (tertiary/aromatic N) is 1. The van der Waals surface area contributed by atoms with Gasteiger partial charge in [0.1, 0.15) is 9.88 Å². The standard InChI is InChI=1S/C11H18N2O3S/c1-4-5-7(12)10-13-8(6-15-2)9(17-10)11(14)16-3/h7H,4-6,12H2,1-3H3. The quantitative estimate of drug-likeness (QED) is 0.788. The zero-order valence-corrected chi connectivity index (χ0v) is 11.2. The minimum atomic E-state index is -0.385. The summed E-state index contributed by atoms with van der Waals surface area (Å²) in [5, 5.41) is 0.763. The van der Waals surface area contributed by atoms with Crippen LogP contribution in [0, 0.1) is 0 Å². The lowest BCUT2D eigenvalue weighted by Gasteiger charge is -2.04. The number of carbonyl (C=O) groups is 1. The normalized spacial score (nSPS) is 12.5. The van der Waals surface area contributed by atoms with Crippen LogP contribution >= 0.6 is 11.3 Å². The second-order valence-electron chi connectivity index (χ2n) is 3.65. The molecule has 6 heteroatoms. The van der Waals surface area contributed by atoms with Gasteiger partial charge in [-0.05, 0) is 6.42 Å². The first kappa shape index (κ1) is 14.1. The van der Waals surface area contributed by atoms with Gasteiger partial charge in [0.15, 0.2) is 0 Å². The second-order valence-corrected chi connectivity index (χ2v) is 4.68. The summed E-state index contributed by atoms with van der Waals surface area (Å²) in [7, 11) is 2.91. The molecular formula is C11H18N2O3S. The van der Waals surface area contributed by atoms with Crippen molar-refractivity contribution < 1.29 is 14.3 Å². The number of nitrogens with two attached hydrogens (primary N) is 1. The Balaban J connectivity index is 2.98. The summed E-state index contributed by atoms with van der Waals surface area (Å²) in [6.45, 7) is 2.35. The van der Waals surface area contributed by atoms with Crippen molar-refractivity contribution in [1.29, 1.82) is 0 Å². The van der Waals surface area contributed by atoms with Gasteiger partial charge in [0.25, 0.3) is 0 Å². The molecule has 0 aliphatic heterocycles. The molecule has 2 N–H and O–H groups in total. The van der Waals surface area contributed by atoms with Gasteiger partial charge in [-0.1, -0.05) is 13.3 Å². The molecule has 0 saturated heterocycles. The van der Waals surface area contributed by atoms with Crippen LogP contribution in [0.15, 0.2) is 0 Å². The molecule has 5 nitrogen and oxygen atoms in total. The molecule has 0 bridgehead atoms. The Labute approximate surface area is 105 Å². The average Bonchev–Trinajstić information content (AvgIpc) is 2.73. The van der Waals surface area contributed by atoms with E-state index in [2.05, 4.69) is 11.9 Å². The molecule has 0 saturated carbocycles. The van der Waals surface area contributed by atoms with Crippen LogP contribution in [-0.4, -0.2) is 25.2 Å². The van der Waals surface area contributed by atoms with E-state index in [1.54, 1.807) is 7.11 Å². The van der Waals surface area contributed by atoms with Crippen LogP contribution in [-0.2, 0) is 16.1 Å². The van der Waals surface area contributed by atoms with Crippen LogP contribution in [0.1, 0.15) is 46.2 Å². The van der Waals surface area contributed by atoms with Gasteiger partial charge >= 0.3 is 5.97 Å². The number of aromatic nitrogens is 1. The van der Waals surface area contributed by atoms with Gasteiger partial charge in [-0.2, -0.15) is 0 Å². The smallest absolute Gasteiger partial charge is 0.350 e. The zero-order valence-electron chi connectivity index (χ0n) is 10.4. The summed E-state index contributed by atoms with van der Waals surface area (Å²) in [4.78, 5) is 16.4. The van der Waals surface area contributed by atoms with Crippen molar-refractivity contribution in [3.8, 4) is 0 Å². The molecular weight excluding hydrogens is 240 g/mol. The van der Waals surface area contributed by atoms with Crippen molar-refractivity contribution in [3.05, 3.63) is 15.6 Å². The van der Waals surface area contributed by atoms with Crippen LogP contribution in [0.4, 0.5) is 0 Å². The third kappa shape index (κ3) is 3.49. The zero-order chi connectivity index (χ0) is 12.8. The molecule has 17 heavy (non-hydrogen) atoms. The number of thiazole rings is 1. The number of esters is 1. The first-order valence-corrected chi connectivity index (χ1v) is 6.28. The van der Waals surface area contributed by atoms with Crippen molar-refractivity contribution in [1.82, 2.24) is 4.98 Å². The maximum Gasteiger partial charge on any atom is 0.350 e. The van der Waals surface area contributed by atoms with E-state index in [1.807, 2.05) is 0 Å². The van der Waals surface area contributed by atoms with Gasteiger partial charge in [0.05, 0.1) is 25.5 Å². The number of methoxy groups -OCH3 is 2. The Bertz CT molecular complexity index is 379. The van der Waals surface area contributed by atoms with Gasteiger partial charge < -0.3 is 15.2 Å². The molecule has 96 valence electrons. The van der Waals surface area contributed by atoms with Gasteiger partial charge in [-0.15, -0.1) is 11.3 Å². The van der Waals surface area contributed by atoms with Gasteiger partial charge in [0, 0.05) is 7.11 Å². The molecule has 0 aliphatic rings. The van der Waals surface area contributed by atoms with Crippen LogP contribution in [0.25, 0.3) is 0 Å². The van der Waals surface area contributed by atoms with Crippen molar-refractivity contribution in [2.45, 2.75) is 32.4 Å². The van der Waals surface area contributed by atoms with Gasteiger partial charge in [-0.3, -0.25) is 0 Å². The lowest BCUT2D eigenvalue weighted by Crippen LogP contribution is -2.09. The Morgan fingerprint density at radius 1 is 1.53 bits per heavy atom. The largest absolute Gasteiger partial charge is 0.465 e. The minimum Gasteiger partial charge on any atom is -0.465 e. The van der Waals surface area contributed by atoms with Crippen molar-refractivity contribution in [2.24, 2.45) is 5.73 Å². The Hall–Kier alpha value is -0.980. The van der Waals surface area contributed by atoms with E-state index >= 15 is 0 Å². The number of hydrogen-bond acceptors (Lipinski definition) is 6. The summed E-state index contributed by atoms with van der Waals surface area (Å²) >= 11 is 1.29. The fourth-order valence-electron chi connectivity index (χ4n) is 1.45. The summed E-state index contributed by atoms with van der Waals surface area (Å²) in [5.41, 5.74) is 6.58. The molecule has 0 aromatic carbocycles. The van der Waals surface area contributed by atoms with Crippen molar-refractivity contribution in [3.63, 3.8) is 0 Å². The highest BCUT2D eigenvalue weighted by Crippen LogP contribution is 2.26. The molecule has 0 aliphatic carbocycles. The van der Waals surface area contributed by atoms with Gasteiger partial charge in [0.2, 0.25) is 0 Å². The maximum atomic E-state index is 11.6. The van der Waals surface area contributed by atoms with Crippen molar-refractivity contribution >= 4 is 17.3 Å². The Morgan fingerprint density at radius 2 is 2.24 bits per heavy atom. The number of hydrogen-bond donors (Lipinski definition) is 1. The highest BCUT2D eigenvalue weighted by atomic mass is 32.1. The molecule has 1 unspecified atom stereocenters. The average molecular weight is 258 g/mol. The second kappa shape index (κ2) is 6.68. The molecule has 1 aromatic rings. The van der Waals surface area contributed by atoms with E-state index in [-0.39, 0.29) is 12.0 Å². The Kier molecular flexibility index (Phi) is 5.54. The van der Waals surface area contributed by atoms with Crippen LogP contribution in [0.3, 0.4) is 0 Å². The van der Waals surface area contributed by atoms with E-state index in [1.165, 1.54) is 18.4 Å². The first-order chi connectivity index (χ1) is 8.13. The third-order valence-corrected chi connectivity index (χ3v) is 3.49. The number of ether oxygens (including phenoxy) is 2. The van der Waals surface area contributed by atoms with E-state index in [0.29, 0.717) is 17.2 Å². The molecule has 0 radical (unpaired) electrons. The lowest BCUT2D eigenvalue weighted by atomic mass is 10.2. The molecule has 1 aromatic heterocycles. The highest BCUT2D eigenvalue weighted by Gasteiger charge is 2.21. The molecule has 1 atom stereocenters. The molecule has 0 fully saturated rings. The fourth-order valence-corrected chi connectivity index (χ4v) is 2.47. The lowest BCUT2D eigenvalue weighted by molar-refractivity contribution is 0.0601.